The van der Waals surface area contributed by atoms with Gasteiger partial charge < -0.3 is 15.4 Å². The molecule has 1 aromatic carbocycles. The minimum absolute atomic E-state index is 0.371. The Morgan fingerprint density at radius 2 is 1.80 bits per heavy atom. The van der Waals surface area contributed by atoms with E-state index in [1.807, 2.05) is 12.1 Å². The van der Waals surface area contributed by atoms with Gasteiger partial charge in [0.05, 0.1) is 7.11 Å². The zero-order chi connectivity index (χ0) is 15.0. The second-order valence-corrected chi connectivity index (χ2v) is 6.39. The van der Waals surface area contributed by atoms with Gasteiger partial charge >= 0.3 is 0 Å². The monoisotopic (exact) mass is 278 g/mol. The van der Waals surface area contributed by atoms with Crippen LogP contribution in [0, 0.1) is 5.41 Å². The first-order chi connectivity index (χ1) is 9.46. The zero-order valence-electron chi connectivity index (χ0n) is 13.5. The van der Waals surface area contributed by atoms with Gasteiger partial charge in [0.15, 0.2) is 0 Å². The topological polar surface area (TPSA) is 38.5 Å². The van der Waals surface area contributed by atoms with Gasteiger partial charge in [-0.05, 0) is 62.5 Å². The van der Waals surface area contributed by atoms with E-state index >= 15 is 0 Å². The highest BCUT2D eigenvalue weighted by Crippen LogP contribution is 2.26. The van der Waals surface area contributed by atoms with Crippen molar-refractivity contribution in [3.8, 4) is 5.75 Å². The van der Waals surface area contributed by atoms with Crippen LogP contribution in [0.25, 0.3) is 0 Å². The molecule has 0 aliphatic rings. The molecule has 3 heteroatoms. The molecule has 1 rings (SSSR count). The number of nitrogens with zero attached hydrogens (tertiary/aromatic N) is 1. The lowest BCUT2D eigenvalue weighted by Gasteiger charge is -2.25. The molecule has 0 fully saturated rings. The molecule has 0 spiro atoms. The van der Waals surface area contributed by atoms with Crippen molar-refractivity contribution < 1.29 is 4.74 Å². The molecule has 0 unspecified atom stereocenters. The van der Waals surface area contributed by atoms with Gasteiger partial charge in [0.2, 0.25) is 0 Å². The molecule has 114 valence electrons. The largest absolute Gasteiger partial charge is 0.497 e. The molecule has 0 aliphatic heterocycles. The van der Waals surface area contributed by atoms with Crippen LogP contribution in [0.3, 0.4) is 0 Å². The number of rotatable bonds is 9. The van der Waals surface area contributed by atoms with Crippen LogP contribution in [-0.4, -0.2) is 32.1 Å². The van der Waals surface area contributed by atoms with E-state index in [9.17, 15) is 0 Å². The fraction of sp³-hybridized carbons (Fsp3) is 0.647. The summed E-state index contributed by atoms with van der Waals surface area (Å²) in [6.07, 6.45) is 3.56. The van der Waals surface area contributed by atoms with Crippen LogP contribution >= 0.6 is 0 Å². The van der Waals surface area contributed by atoms with Gasteiger partial charge in [-0.3, -0.25) is 0 Å². The molecule has 0 saturated carbocycles. The molecule has 1 aromatic rings. The fourth-order valence-electron chi connectivity index (χ4n) is 2.46. The first-order valence-electron chi connectivity index (χ1n) is 7.48. The lowest BCUT2D eigenvalue weighted by atomic mass is 9.84. The Bertz CT molecular complexity index is 373. The standard InChI is InChI=1S/C17H30N2O/c1-17(2,11-12-18)10-5-13-19(3)14-15-6-8-16(20-4)9-7-15/h6-9H,5,10-14,18H2,1-4H3. The first-order valence-corrected chi connectivity index (χ1v) is 7.48. The Morgan fingerprint density at radius 1 is 1.15 bits per heavy atom. The van der Waals surface area contributed by atoms with Gasteiger partial charge in [-0.15, -0.1) is 0 Å². The summed E-state index contributed by atoms with van der Waals surface area (Å²) in [7, 11) is 3.88. The highest BCUT2D eigenvalue weighted by Gasteiger charge is 2.16. The number of benzene rings is 1. The highest BCUT2D eigenvalue weighted by molar-refractivity contribution is 5.26. The maximum atomic E-state index is 5.65. The van der Waals surface area contributed by atoms with E-state index in [1.165, 1.54) is 18.4 Å². The average Bonchev–Trinajstić information content (AvgIpc) is 2.39. The van der Waals surface area contributed by atoms with Crippen LogP contribution in [0.2, 0.25) is 0 Å². The average molecular weight is 278 g/mol. The van der Waals surface area contributed by atoms with Crippen LogP contribution in [0.5, 0.6) is 5.75 Å². The van der Waals surface area contributed by atoms with Crippen molar-refractivity contribution in [2.45, 2.75) is 39.7 Å². The van der Waals surface area contributed by atoms with Crippen molar-refractivity contribution in [3.63, 3.8) is 0 Å². The molecular formula is C17H30N2O. The molecule has 3 nitrogen and oxygen atoms in total. The van der Waals surface area contributed by atoms with Crippen LogP contribution in [-0.2, 0) is 6.54 Å². The molecule has 0 radical (unpaired) electrons. The minimum Gasteiger partial charge on any atom is -0.497 e. The van der Waals surface area contributed by atoms with E-state index in [-0.39, 0.29) is 0 Å². The summed E-state index contributed by atoms with van der Waals surface area (Å²) in [5.74, 6) is 0.917. The third kappa shape index (κ3) is 6.40. The number of methoxy groups -OCH3 is 1. The minimum atomic E-state index is 0.371. The molecule has 20 heavy (non-hydrogen) atoms. The Kier molecular flexibility index (Phi) is 7.03. The predicted molar refractivity (Wildman–Crippen MR) is 86.0 cm³/mol. The van der Waals surface area contributed by atoms with E-state index in [0.717, 1.165) is 31.8 Å². The normalized spacial score (nSPS) is 11.9. The molecule has 0 atom stereocenters. The van der Waals surface area contributed by atoms with Crippen LogP contribution < -0.4 is 10.5 Å². The first kappa shape index (κ1) is 17.0. The maximum absolute atomic E-state index is 5.65. The Balaban J connectivity index is 2.30. The molecule has 0 aromatic heterocycles. The van der Waals surface area contributed by atoms with Gasteiger partial charge in [-0.2, -0.15) is 0 Å². The molecular weight excluding hydrogens is 248 g/mol. The second-order valence-electron chi connectivity index (χ2n) is 6.39. The van der Waals surface area contributed by atoms with E-state index in [1.54, 1.807) is 7.11 Å². The van der Waals surface area contributed by atoms with Crippen LogP contribution in [0.15, 0.2) is 24.3 Å². The summed E-state index contributed by atoms with van der Waals surface area (Å²) in [4.78, 5) is 2.38. The predicted octanol–water partition coefficient (Wildman–Crippen LogP) is 3.28. The van der Waals surface area contributed by atoms with Crippen molar-refractivity contribution >= 4 is 0 Å². The number of nitrogens with two attached hydrogens (primary N) is 1. The third-order valence-corrected chi connectivity index (χ3v) is 3.83. The number of hydrogen-bond acceptors (Lipinski definition) is 3. The summed E-state index contributed by atoms with van der Waals surface area (Å²) in [6.45, 7) is 7.52. The van der Waals surface area contributed by atoms with E-state index in [0.29, 0.717) is 5.41 Å². The fourth-order valence-corrected chi connectivity index (χ4v) is 2.46. The van der Waals surface area contributed by atoms with Crippen molar-refractivity contribution in [2.24, 2.45) is 11.1 Å². The Morgan fingerprint density at radius 3 is 2.35 bits per heavy atom. The Hall–Kier alpha value is -1.06. The van der Waals surface area contributed by atoms with E-state index < -0.39 is 0 Å². The van der Waals surface area contributed by atoms with Gasteiger partial charge in [-0.25, -0.2) is 0 Å². The van der Waals surface area contributed by atoms with E-state index in [4.69, 9.17) is 10.5 Å². The molecule has 0 aliphatic carbocycles. The SMILES string of the molecule is COc1ccc(CN(C)CCCC(C)(C)CCN)cc1. The molecule has 2 N–H and O–H groups in total. The van der Waals surface area contributed by atoms with Crippen LogP contribution in [0.4, 0.5) is 0 Å². The Labute approximate surface area is 124 Å². The van der Waals surface area contributed by atoms with Crippen molar-refractivity contribution in [3.05, 3.63) is 29.8 Å². The summed E-state index contributed by atoms with van der Waals surface area (Å²) in [5, 5.41) is 0. The lowest BCUT2D eigenvalue weighted by molar-refractivity contribution is 0.259. The highest BCUT2D eigenvalue weighted by atomic mass is 16.5. The van der Waals surface area contributed by atoms with Gasteiger partial charge in [0, 0.05) is 6.54 Å². The number of ether oxygens (including phenoxy) is 1. The van der Waals surface area contributed by atoms with Crippen molar-refractivity contribution in [1.82, 2.24) is 4.90 Å². The third-order valence-electron chi connectivity index (χ3n) is 3.83. The maximum Gasteiger partial charge on any atom is 0.118 e. The molecule has 0 amide bonds. The second kappa shape index (κ2) is 8.28. The smallest absolute Gasteiger partial charge is 0.118 e. The van der Waals surface area contributed by atoms with Crippen LogP contribution in [0.1, 0.15) is 38.7 Å². The van der Waals surface area contributed by atoms with E-state index in [2.05, 4.69) is 37.9 Å². The summed E-state index contributed by atoms with van der Waals surface area (Å²) < 4.78 is 5.18. The zero-order valence-corrected chi connectivity index (χ0v) is 13.5. The summed E-state index contributed by atoms with van der Waals surface area (Å²) in [5.41, 5.74) is 7.35. The molecule has 0 bridgehead atoms. The van der Waals surface area contributed by atoms with Gasteiger partial charge in [0.1, 0.15) is 5.75 Å². The van der Waals surface area contributed by atoms with Gasteiger partial charge in [0.25, 0.3) is 0 Å². The van der Waals surface area contributed by atoms with Gasteiger partial charge in [-0.1, -0.05) is 26.0 Å². The van der Waals surface area contributed by atoms with Crippen molar-refractivity contribution in [2.75, 3.05) is 27.2 Å². The summed E-state index contributed by atoms with van der Waals surface area (Å²) in [6, 6.07) is 8.31. The quantitative estimate of drug-likeness (QED) is 0.753. The molecule has 0 saturated heterocycles. The van der Waals surface area contributed by atoms with Crippen molar-refractivity contribution in [1.29, 1.82) is 0 Å². The molecule has 0 heterocycles. The summed E-state index contributed by atoms with van der Waals surface area (Å²) >= 11 is 0. The number of hydrogen-bond donors (Lipinski definition) is 1. The lowest BCUT2D eigenvalue weighted by Crippen LogP contribution is -2.22.